The highest BCUT2D eigenvalue weighted by atomic mass is 16.6. The first-order valence-electron chi connectivity index (χ1n) is 4.82. The summed E-state index contributed by atoms with van der Waals surface area (Å²) in [4.78, 5) is 14.3. The van der Waals surface area contributed by atoms with Crippen LogP contribution in [0.4, 0.5) is 5.69 Å². The number of nitro benzene ring substituents is 1. The first-order chi connectivity index (χ1) is 8.13. The second kappa shape index (κ2) is 4.06. The van der Waals surface area contributed by atoms with Crippen molar-refractivity contribution < 1.29 is 4.92 Å². The molecule has 0 fully saturated rings. The number of hydrogen-bond donors (Lipinski definition) is 0. The van der Waals surface area contributed by atoms with Crippen molar-refractivity contribution in [1.82, 2.24) is 9.55 Å². The molecule has 0 bridgehead atoms. The molecule has 0 aliphatic heterocycles. The van der Waals surface area contributed by atoms with E-state index in [9.17, 15) is 10.1 Å². The number of hydrogen-bond acceptors (Lipinski definition) is 4. The maximum absolute atomic E-state index is 10.8. The molecule has 0 radical (unpaired) electrons. The molecule has 2 aromatic rings. The third kappa shape index (κ3) is 1.86. The number of imidazole rings is 1. The van der Waals surface area contributed by atoms with Gasteiger partial charge >= 0.3 is 0 Å². The molecule has 0 aliphatic rings. The van der Waals surface area contributed by atoms with Gasteiger partial charge in [-0.3, -0.25) is 10.1 Å². The second-order valence-corrected chi connectivity index (χ2v) is 3.41. The molecular formula is C11H8N4O2. The first kappa shape index (κ1) is 10.8. The van der Waals surface area contributed by atoms with Gasteiger partial charge in [-0.15, -0.1) is 0 Å². The van der Waals surface area contributed by atoms with E-state index in [-0.39, 0.29) is 11.3 Å². The number of nitriles is 1. The molecule has 1 aromatic carbocycles. The summed E-state index contributed by atoms with van der Waals surface area (Å²) in [5.41, 5.74) is 0.473. The molecule has 0 spiro atoms. The van der Waals surface area contributed by atoms with E-state index in [0.29, 0.717) is 5.69 Å². The maximum atomic E-state index is 10.8. The van der Waals surface area contributed by atoms with Gasteiger partial charge in [0.25, 0.3) is 5.69 Å². The highest BCUT2D eigenvalue weighted by Crippen LogP contribution is 2.22. The molecule has 0 atom stereocenters. The summed E-state index contributed by atoms with van der Waals surface area (Å²) in [5.74, 6) is 0.726. The standard InChI is InChI=1S/C11H8N4O2/c1-8-13-4-5-14(8)10-3-2-9(7-12)11(6-10)15(16)17/h2-6H,1H3. The zero-order valence-electron chi connectivity index (χ0n) is 8.99. The second-order valence-electron chi connectivity index (χ2n) is 3.41. The van der Waals surface area contributed by atoms with Crippen molar-refractivity contribution in [2.75, 3.05) is 0 Å². The van der Waals surface area contributed by atoms with Crippen LogP contribution in [0.2, 0.25) is 0 Å². The Morgan fingerprint density at radius 3 is 2.82 bits per heavy atom. The lowest BCUT2D eigenvalue weighted by molar-refractivity contribution is -0.385. The van der Waals surface area contributed by atoms with Gasteiger partial charge in [0.05, 0.1) is 10.6 Å². The van der Waals surface area contributed by atoms with Crippen LogP contribution in [0.3, 0.4) is 0 Å². The molecule has 0 saturated carbocycles. The van der Waals surface area contributed by atoms with Crippen LogP contribution in [0.25, 0.3) is 5.69 Å². The van der Waals surface area contributed by atoms with Crippen molar-refractivity contribution in [1.29, 1.82) is 5.26 Å². The van der Waals surface area contributed by atoms with E-state index >= 15 is 0 Å². The van der Waals surface area contributed by atoms with Gasteiger partial charge in [-0.2, -0.15) is 5.26 Å². The lowest BCUT2D eigenvalue weighted by atomic mass is 10.2. The Morgan fingerprint density at radius 2 is 2.29 bits per heavy atom. The fourth-order valence-corrected chi connectivity index (χ4v) is 1.57. The summed E-state index contributed by atoms with van der Waals surface area (Å²) in [6.45, 7) is 1.80. The molecule has 0 N–H and O–H groups in total. The van der Waals surface area contributed by atoms with E-state index < -0.39 is 4.92 Å². The van der Waals surface area contributed by atoms with E-state index in [4.69, 9.17) is 5.26 Å². The average Bonchev–Trinajstić information content (AvgIpc) is 2.74. The van der Waals surface area contributed by atoms with Crippen molar-refractivity contribution in [3.8, 4) is 11.8 Å². The lowest BCUT2D eigenvalue weighted by Crippen LogP contribution is -1.99. The van der Waals surface area contributed by atoms with Gasteiger partial charge in [-0.05, 0) is 19.1 Å². The minimum absolute atomic E-state index is 0.0523. The molecule has 6 nitrogen and oxygen atoms in total. The minimum atomic E-state index is -0.561. The Hall–Kier alpha value is -2.68. The third-order valence-corrected chi connectivity index (χ3v) is 2.40. The third-order valence-electron chi connectivity index (χ3n) is 2.40. The SMILES string of the molecule is Cc1nccn1-c1ccc(C#N)c([N+](=O)[O-])c1. The zero-order valence-corrected chi connectivity index (χ0v) is 8.99. The van der Waals surface area contributed by atoms with Crippen LogP contribution in [0.5, 0.6) is 0 Å². The van der Waals surface area contributed by atoms with E-state index in [0.717, 1.165) is 5.82 Å². The predicted octanol–water partition coefficient (Wildman–Crippen LogP) is 1.96. The van der Waals surface area contributed by atoms with Crippen LogP contribution in [0.15, 0.2) is 30.6 Å². The van der Waals surface area contributed by atoms with Gasteiger partial charge in [0.1, 0.15) is 17.5 Å². The summed E-state index contributed by atoms with van der Waals surface area (Å²) in [5, 5.41) is 19.6. The topological polar surface area (TPSA) is 84.8 Å². The number of aromatic nitrogens is 2. The van der Waals surface area contributed by atoms with Crippen LogP contribution in [0, 0.1) is 28.4 Å². The van der Waals surface area contributed by atoms with Gasteiger partial charge < -0.3 is 4.57 Å². The van der Waals surface area contributed by atoms with Gasteiger partial charge in [-0.25, -0.2) is 4.98 Å². The normalized spacial score (nSPS) is 9.88. The summed E-state index contributed by atoms with van der Waals surface area (Å²) in [6, 6.07) is 6.26. The van der Waals surface area contributed by atoms with Gasteiger partial charge in [0.2, 0.25) is 0 Å². The largest absolute Gasteiger partial charge is 0.304 e. The summed E-state index contributed by atoms with van der Waals surface area (Å²) >= 11 is 0. The molecule has 84 valence electrons. The predicted molar refractivity (Wildman–Crippen MR) is 59.7 cm³/mol. The Bertz CT molecular complexity index is 625. The molecule has 0 unspecified atom stereocenters. The smallest absolute Gasteiger partial charge is 0.289 e. The van der Waals surface area contributed by atoms with E-state index in [1.54, 1.807) is 36.0 Å². The quantitative estimate of drug-likeness (QED) is 0.580. The fraction of sp³-hybridized carbons (Fsp3) is 0.0909. The molecule has 2 rings (SSSR count). The number of benzene rings is 1. The van der Waals surface area contributed by atoms with E-state index in [2.05, 4.69) is 4.98 Å². The minimum Gasteiger partial charge on any atom is -0.304 e. The monoisotopic (exact) mass is 228 g/mol. The number of rotatable bonds is 2. The molecular weight excluding hydrogens is 220 g/mol. The van der Waals surface area contributed by atoms with Gasteiger partial charge in [0.15, 0.2) is 0 Å². The van der Waals surface area contributed by atoms with Crippen molar-refractivity contribution in [3.63, 3.8) is 0 Å². The van der Waals surface area contributed by atoms with Crippen molar-refractivity contribution in [2.24, 2.45) is 0 Å². The van der Waals surface area contributed by atoms with Crippen molar-refractivity contribution >= 4 is 5.69 Å². The highest BCUT2D eigenvalue weighted by Gasteiger charge is 2.15. The molecule has 0 amide bonds. The summed E-state index contributed by atoms with van der Waals surface area (Å²) in [7, 11) is 0. The van der Waals surface area contributed by atoms with E-state index in [1.807, 2.05) is 0 Å². The van der Waals surface area contributed by atoms with Crippen LogP contribution in [-0.4, -0.2) is 14.5 Å². The number of aryl methyl sites for hydroxylation is 1. The van der Waals surface area contributed by atoms with Gasteiger partial charge in [0, 0.05) is 18.5 Å². The van der Waals surface area contributed by atoms with E-state index in [1.165, 1.54) is 12.1 Å². The first-order valence-corrected chi connectivity index (χ1v) is 4.82. The highest BCUT2D eigenvalue weighted by molar-refractivity contribution is 5.54. The lowest BCUT2D eigenvalue weighted by Gasteiger charge is -2.05. The Morgan fingerprint density at radius 1 is 1.53 bits per heavy atom. The molecule has 6 heteroatoms. The molecule has 17 heavy (non-hydrogen) atoms. The molecule has 1 heterocycles. The van der Waals surface area contributed by atoms with Crippen molar-refractivity contribution in [2.45, 2.75) is 6.92 Å². The van der Waals surface area contributed by atoms with Crippen LogP contribution < -0.4 is 0 Å². The summed E-state index contributed by atoms with van der Waals surface area (Å²) < 4.78 is 1.72. The number of nitro groups is 1. The Balaban J connectivity index is 2.60. The molecule has 0 saturated heterocycles. The van der Waals surface area contributed by atoms with Crippen molar-refractivity contribution in [3.05, 3.63) is 52.1 Å². The zero-order chi connectivity index (χ0) is 12.4. The average molecular weight is 228 g/mol. The van der Waals surface area contributed by atoms with Gasteiger partial charge in [-0.1, -0.05) is 0 Å². The fourth-order valence-electron chi connectivity index (χ4n) is 1.57. The Kier molecular flexibility index (Phi) is 2.58. The molecule has 1 aromatic heterocycles. The molecule has 0 aliphatic carbocycles. The van der Waals surface area contributed by atoms with Crippen LogP contribution in [-0.2, 0) is 0 Å². The maximum Gasteiger partial charge on any atom is 0.289 e. The van der Waals surface area contributed by atoms with Crippen LogP contribution >= 0.6 is 0 Å². The van der Waals surface area contributed by atoms with Crippen LogP contribution in [0.1, 0.15) is 11.4 Å². The Labute approximate surface area is 96.9 Å². The summed E-state index contributed by atoms with van der Waals surface area (Å²) in [6.07, 6.45) is 3.32. The number of nitrogens with zero attached hydrogens (tertiary/aromatic N) is 4.